The van der Waals surface area contributed by atoms with Crippen LogP contribution in [0.15, 0.2) is 42.5 Å². The number of likely N-dealkylation sites (tertiary alicyclic amines) is 1. The van der Waals surface area contributed by atoms with Crippen molar-refractivity contribution in [2.24, 2.45) is 5.41 Å². The van der Waals surface area contributed by atoms with Crippen LogP contribution in [0.25, 0.3) is 4.85 Å². The Morgan fingerprint density at radius 3 is 2.44 bits per heavy atom. The normalized spacial score (nSPS) is 18.3. The molecule has 1 heterocycles. The highest BCUT2D eigenvalue weighted by molar-refractivity contribution is 5.84. The topological polar surface area (TPSA) is 43.1 Å². The molecule has 0 N–H and O–H groups in total. The molecule has 0 spiro atoms. The molecule has 1 fully saturated rings. The van der Waals surface area contributed by atoms with E-state index in [1.54, 1.807) is 19.2 Å². The minimum Gasteiger partial charge on any atom is -0.497 e. The lowest BCUT2D eigenvalue weighted by Gasteiger charge is -2.24. The summed E-state index contributed by atoms with van der Waals surface area (Å²) >= 11 is 0. The second-order valence-corrected chi connectivity index (χ2v) is 7.59. The van der Waals surface area contributed by atoms with Gasteiger partial charge in [0.15, 0.2) is 11.8 Å². The first-order valence-electron chi connectivity index (χ1n) is 8.90. The number of nitrogens with zero attached hydrogens (tertiary/aromatic N) is 2. The number of ether oxygens (including phenoxy) is 2. The minimum absolute atomic E-state index is 0.0114. The van der Waals surface area contributed by atoms with Gasteiger partial charge in [0.1, 0.15) is 11.5 Å². The van der Waals surface area contributed by atoms with Gasteiger partial charge >= 0.3 is 0 Å². The molecule has 3 rings (SSSR count). The largest absolute Gasteiger partial charge is 0.497 e. The lowest BCUT2D eigenvalue weighted by Crippen LogP contribution is -2.36. The summed E-state index contributed by atoms with van der Waals surface area (Å²) in [6.45, 7) is 14.3. The lowest BCUT2D eigenvalue weighted by molar-refractivity contribution is -0.134. The van der Waals surface area contributed by atoms with Gasteiger partial charge in [-0.25, -0.2) is 4.85 Å². The molecule has 0 radical (unpaired) electrons. The van der Waals surface area contributed by atoms with E-state index in [4.69, 9.17) is 16.0 Å². The average Bonchev–Trinajstić information content (AvgIpc) is 2.85. The van der Waals surface area contributed by atoms with Gasteiger partial charge in [-0.2, -0.15) is 0 Å². The summed E-state index contributed by atoms with van der Waals surface area (Å²) in [7, 11) is 1.63. The highest BCUT2D eigenvalue weighted by Gasteiger charge is 2.48. The summed E-state index contributed by atoms with van der Waals surface area (Å²) in [6.07, 6.45) is -0.547. The Morgan fingerprint density at radius 2 is 1.85 bits per heavy atom. The number of hydrogen-bond acceptors (Lipinski definition) is 3. The van der Waals surface area contributed by atoms with Crippen LogP contribution in [0.5, 0.6) is 11.5 Å². The third-order valence-corrected chi connectivity index (χ3v) is 4.92. The smallest absolute Gasteiger partial charge is 0.264 e. The van der Waals surface area contributed by atoms with Crippen LogP contribution < -0.4 is 9.47 Å². The number of hydrogen-bond donors (Lipinski definition) is 0. The van der Waals surface area contributed by atoms with Crippen LogP contribution >= 0.6 is 0 Å². The van der Waals surface area contributed by atoms with Gasteiger partial charge in [-0.15, -0.1) is 0 Å². The molecule has 5 nitrogen and oxygen atoms in total. The fraction of sp³-hybridized carbons (Fsp3) is 0.364. The predicted molar refractivity (Wildman–Crippen MR) is 104 cm³/mol. The monoisotopic (exact) mass is 364 g/mol. The summed E-state index contributed by atoms with van der Waals surface area (Å²) in [5, 5.41) is 0. The number of benzene rings is 2. The summed E-state index contributed by atoms with van der Waals surface area (Å²) < 4.78 is 11.3. The van der Waals surface area contributed by atoms with Gasteiger partial charge in [0.05, 0.1) is 13.7 Å². The second kappa shape index (κ2) is 7.32. The molecule has 27 heavy (non-hydrogen) atoms. The van der Waals surface area contributed by atoms with E-state index >= 15 is 0 Å². The van der Waals surface area contributed by atoms with Crippen molar-refractivity contribution in [3.05, 3.63) is 65.0 Å². The fourth-order valence-corrected chi connectivity index (χ4v) is 3.41. The van der Waals surface area contributed by atoms with Gasteiger partial charge in [0.2, 0.25) is 0 Å². The molecule has 0 bridgehead atoms. The molecular weight excluding hydrogens is 340 g/mol. The maximum Gasteiger partial charge on any atom is 0.264 e. The average molecular weight is 364 g/mol. The Balaban J connectivity index is 1.75. The lowest BCUT2D eigenvalue weighted by atomic mass is 9.89. The van der Waals surface area contributed by atoms with Crippen molar-refractivity contribution in [1.82, 2.24) is 4.90 Å². The molecule has 1 aliphatic rings. The van der Waals surface area contributed by atoms with Gasteiger partial charge in [-0.3, -0.25) is 4.79 Å². The van der Waals surface area contributed by atoms with Crippen molar-refractivity contribution in [1.29, 1.82) is 0 Å². The third kappa shape index (κ3) is 3.90. The zero-order chi connectivity index (χ0) is 19.6. The second-order valence-electron chi connectivity index (χ2n) is 7.59. The maximum atomic E-state index is 13.0. The van der Waals surface area contributed by atoms with Crippen molar-refractivity contribution >= 4 is 11.6 Å². The first kappa shape index (κ1) is 18.8. The Kier molecular flexibility index (Phi) is 5.09. The van der Waals surface area contributed by atoms with Gasteiger partial charge in [-0.05, 0) is 42.3 Å². The number of rotatable bonds is 5. The first-order valence-corrected chi connectivity index (χ1v) is 8.90. The van der Waals surface area contributed by atoms with Gasteiger partial charge in [0.25, 0.3) is 5.91 Å². The van der Waals surface area contributed by atoms with Crippen molar-refractivity contribution in [3.8, 4) is 11.5 Å². The molecule has 0 aliphatic carbocycles. The molecular formula is C22H24N2O3. The van der Waals surface area contributed by atoms with Crippen LogP contribution in [-0.4, -0.2) is 30.6 Å². The molecule has 2 aromatic rings. The summed E-state index contributed by atoms with van der Waals surface area (Å²) in [4.78, 5) is 18.3. The molecule has 0 aromatic heterocycles. The molecule has 140 valence electrons. The van der Waals surface area contributed by atoms with Crippen LogP contribution in [0.3, 0.4) is 0 Å². The third-order valence-electron chi connectivity index (χ3n) is 4.92. The summed E-state index contributed by atoms with van der Waals surface area (Å²) in [5.41, 5.74) is 2.19. The molecule has 1 saturated heterocycles. The van der Waals surface area contributed by atoms with E-state index in [9.17, 15) is 4.79 Å². The number of carbonyl (C=O) groups is 1. The maximum absolute atomic E-state index is 13.0. The van der Waals surface area contributed by atoms with E-state index in [0.717, 1.165) is 16.9 Å². The predicted octanol–water partition coefficient (Wildman–Crippen LogP) is 4.37. The standard InChI is InChI=1S/C22H24N2O3/c1-15-12-18(10-11-19(15)23-4)27-20-21(25)24(14-22(20,2)3)13-16-6-8-17(26-5)9-7-16/h6-12,20H,13-14H2,1-3,5H3/t20-/m0/s1. The van der Waals surface area contributed by atoms with Crippen LogP contribution in [0.2, 0.25) is 0 Å². The highest BCUT2D eigenvalue weighted by Crippen LogP contribution is 2.36. The van der Waals surface area contributed by atoms with Gasteiger partial charge in [0, 0.05) is 18.5 Å². The van der Waals surface area contributed by atoms with E-state index in [0.29, 0.717) is 24.5 Å². The fourth-order valence-electron chi connectivity index (χ4n) is 3.41. The Morgan fingerprint density at radius 1 is 1.19 bits per heavy atom. The van der Waals surface area contributed by atoms with Gasteiger partial charge in [-0.1, -0.05) is 32.0 Å². The van der Waals surface area contributed by atoms with Crippen LogP contribution in [0.1, 0.15) is 25.0 Å². The van der Waals surface area contributed by atoms with Crippen LogP contribution in [0, 0.1) is 18.9 Å². The number of methoxy groups -OCH3 is 1. The number of amides is 1. The quantitative estimate of drug-likeness (QED) is 0.740. The van der Waals surface area contributed by atoms with E-state index in [2.05, 4.69) is 4.85 Å². The molecule has 0 unspecified atom stereocenters. The van der Waals surface area contributed by atoms with Crippen LogP contribution in [-0.2, 0) is 11.3 Å². The van der Waals surface area contributed by atoms with Crippen molar-refractivity contribution in [3.63, 3.8) is 0 Å². The zero-order valence-corrected chi connectivity index (χ0v) is 16.2. The zero-order valence-electron chi connectivity index (χ0n) is 16.2. The Hall–Kier alpha value is -3.00. The molecule has 1 aliphatic heterocycles. The Bertz CT molecular complexity index is 881. The number of aryl methyl sites for hydroxylation is 1. The minimum atomic E-state index is -0.547. The molecule has 0 saturated carbocycles. The van der Waals surface area contributed by atoms with Crippen molar-refractivity contribution in [2.45, 2.75) is 33.4 Å². The molecule has 1 atom stereocenters. The van der Waals surface area contributed by atoms with Crippen molar-refractivity contribution < 1.29 is 14.3 Å². The molecule has 1 amide bonds. The molecule has 5 heteroatoms. The van der Waals surface area contributed by atoms with Crippen LogP contribution in [0.4, 0.5) is 5.69 Å². The van der Waals surface area contributed by atoms with E-state index in [1.807, 2.05) is 56.0 Å². The summed E-state index contributed by atoms with van der Waals surface area (Å²) in [5.74, 6) is 1.41. The highest BCUT2D eigenvalue weighted by atomic mass is 16.5. The van der Waals surface area contributed by atoms with E-state index in [1.165, 1.54) is 0 Å². The first-order chi connectivity index (χ1) is 12.8. The number of carbonyl (C=O) groups excluding carboxylic acids is 1. The van der Waals surface area contributed by atoms with E-state index < -0.39 is 6.10 Å². The molecule has 2 aromatic carbocycles. The Labute approximate surface area is 160 Å². The SMILES string of the molecule is [C-]#[N+]c1ccc(O[C@H]2C(=O)N(Cc3ccc(OC)cc3)CC2(C)C)cc1C. The summed E-state index contributed by atoms with van der Waals surface area (Å²) in [6, 6.07) is 13.1. The van der Waals surface area contributed by atoms with Crippen molar-refractivity contribution in [2.75, 3.05) is 13.7 Å². The van der Waals surface area contributed by atoms with E-state index in [-0.39, 0.29) is 11.3 Å². The van der Waals surface area contributed by atoms with Gasteiger partial charge < -0.3 is 14.4 Å².